The van der Waals surface area contributed by atoms with Crippen molar-refractivity contribution in [3.05, 3.63) is 47.0 Å². The van der Waals surface area contributed by atoms with Crippen LogP contribution in [0.25, 0.3) is 0 Å². The monoisotopic (exact) mass is 353 g/mol. The molecule has 1 N–H and O–H groups in total. The molecule has 0 saturated carbocycles. The number of benzene rings is 1. The Kier molecular flexibility index (Phi) is 5.02. The highest BCUT2D eigenvalue weighted by Crippen LogP contribution is 2.28. The summed E-state index contributed by atoms with van der Waals surface area (Å²) in [6, 6.07) is 8.41. The summed E-state index contributed by atoms with van der Waals surface area (Å²) < 4.78 is 2.27. The molecule has 4 rings (SSSR count). The zero-order valence-electron chi connectivity index (χ0n) is 15.4. The minimum atomic E-state index is 0.236. The maximum Gasteiger partial charge on any atom is 0.226 e. The van der Waals surface area contributed by atoms with Crippen LogP contribution in [-0.4, -0.2) is 45.2 Å². The van der Waals surface area contributed by atoms with Gasteiger partial charge in [0.2, 0.25) is 5.91 Å². The van der Waals surface area contributed by atoms with Gasteiger partial charge in [-0.15, -0.1) is 10.2 Å². The number of carbonyl (C=O) groups is 1. The van der Waals surface area contributed by atoms with E-state index in [4.69, 9.17) is 0 Å². The van der Waals surface area contributed by atoms with E-state index in [1.165, 1.54) is 5.56 Å². The minimum absolute atomic E-state index is 0.236. The maximum atomic E-state index is 12.6. The number of rotatable bonds is 4. The van der Waals surface area contributed by atoms with Crippen molar-refractivity contribution in [2.24, 2.45) is 0 Å². The Bertz CT molecular complexity index is 759. The van der Waals surface area contributed by atoms with Gasteiger partial charge in [-0.3, -0.25) is 4.79 Å². The summed E-state index contributed by atoms with van der Waals surface area (Å²) in [5.74, 6) is 2.81. The lowest BCUT2D eigenvalue weighted by Crippen LogP contribution is -2.39. The van der Waals surface area contributed by atoms with Crippen molar-refractivity contribution >= 4 is 5.91 Å². The summed E-state index contributed by atoms with van der Waals surface area (Å²) in [4.78, 5) is 14.6. The van der Waals surface area contributed by atoms with Gasteiger partial charge in [0.15, 0.2) is 0 Å². The van der Waals surface area contributed by atoms with Gasteiger partial charge in [-0.2, -0.15) is 0 Å². The molecule has 0 atom stereocenters. The van der Waals surface area contributed by atoms with Crippen LogP contribution in [0.15, 0.2) is 24.3 Å². The van der Waals surface area contributed by atoms with Crippen LogP contribution in [0.4, 0.5) is 0 Å². The van der Waals surface area contributed by atoms with Gasteiger partial charge in [0.1, 0.15) is 11.6 Å². The van der Waals surface area contributed by atoms with E-state index in [0.29, 0.717) is 12.3 Å². The fraction of sp³-hybridized carbons (Fsp3) is 0.550. The van der Waals surface area contributed by atoms with Crippen LogP contribution in [0.3, 0.4) is 0 Å². The summed E-state index contributed by atoms with van der Waals surface area (Å²) >= 11 is 0. The predicted molar refractivity (Wildman–Crippen MR) is 99.8 cm³/mol. The molecule has 1 aromatic heterocycles. The van der Waals surface area contributed by atoms with Crippen LogP contribution in [0, 0.1) is 0 Å². The van der Waals surface area contributed by atoms with Crippen LogP contribution in [-0.2, 0) is 30.7 Å². The normalized spacial score (nSPS) is 18.0. The minimum Gasteiger partial charge on any atom is -0.342 e. The summed E-state index contributed by atoms with van der Waals surface area (Å²) in [6.07, 6.45) is 3.49. The summed E-state index contributed by atoms with van der Waals surface area (Å²) in [6.45, 7) is 6.51. The molecule has 0 spiro atoms. The number of piperidine rings is 1. The third-order valence-corrected chi connectivity index (χ3v) is 5.65. The third kappa shape index (κ3) is 3.51. The average molecular weight is 353 g/mol. The first-order valence-corrected chi connectivity index (χ1v) is 9.73. The second-order valence-electron chi connectivity index (χ2n) is 7.30. The van der Waals surface area contributed by atoms with Crippen LogP contribution in [0.5, 0.6) is 0 Å². The Morgan fingerprint density at radius 3 is 2.58 bits per heavy atom. The van der Waals surface area contributed by atoms with Crippen LogP contribution in [0.1, 0.15) is 48.5 Å². The van der Waals surface area contributed by atoms with Crippen LogP contribution < -0.4 is 5.32 Å². The number of carbonyl (C=O) groups excluding carboxylic acids is 1. The smallest absolute Gasteiger partial charge is 0.226 e. The van der Waals surface area contributed by atoms with Gasteiger partial charge in [0.05, 0.1) is 13.0 Å². The molecule has 6 nitrogen and oxygen atoms in total. The number of amides is 1. The second kappa shape index (κ2) is 7.58. The number of nitrogens with zero attached hydrogens (tertiary/aromatic N) is 4. The lowest BCUT2D eigenvalue weighted by atomic mass is 9.95. The van der Waals surface area contributed by atoms with Crippen molar-refractivity contribution in [3.63, 3.8) is 0 Å². The predicted octanol–water partition coefficient (Wildman–Crippen LogP) is 1.89. The van der Waals surface area contributed by atoms with E-state index in [1.807, 2.05) is 4.90 Å². The molecular formula is C20H27N5O. The highest BCUT2D eigenvalue weighted by molar-refractivity contribution is 5.78. The standard InChI is InChI=1S/C20H27N5O/c1-2-15-3-5-16(6-4-15)13-19(26)24-10-7-17(8-11-24)20-23-22-18-14-21-9-12-25(18)20/h3-6,17,21H,2,7-14H2,1H3. The summed E-state index contributed by atoms with van der Waals surface area (Å²) in [7, 11) is 0. The van der Waals surface area contributed by atoms with Crippen LogP contribution in [0.2, 0.25) is 0 Å². The molecule has 0 unspecified atom stereocenters. The van der Waals surface area contributed by atoms with E-state index in [2.05, 4.69) is 51.3 Å². The fourth-order valence-electron chi connectivity index (χ4n) is 3.98. The van der Waals surface area contributed by atoms with Crippen molar-refractivity contribution in [3.8, 4) is 0 Å². The van der Waals surface area contributed by atoms with E-state index in [0.717, 1.165) is 69.2 Å². The molecule has 2 aromatic rings. The molecule has 2 aliphatic heterocycles. The first kappa shape index (κ1) is 17.2. The van der Waals surface area contributed by atoms with Crippen molar-refractivity contribution < 1.29 is 4.79 Å². The van der Waals surface area contributed by atoms with Crippen molar-refractivity contribution in [2.75, 3.05) is 19.6 Å². The number of hydrogen-bond donors (Lipinski definition) is 1. The zero-order valence-corrected chi connectivity index (χ0v) is 15.4. The molecule has 1 aromatic carbocycles. The van der Waals surface area contributed by atoms with E-state index in [-0.39, 0.29) is 5.91 Å². The van der Waals surface area contributed by atoms with E-state index in [1.54, 1.807) is 0 Å². The Morgan fingerprint density at radius 1 is 1.12 bits per heavy atom. The summed E-state index contributed by atoms with van der Waals surface area (Å²) in [5, 5.41) is 12.1. The number of fused-ring (bicyclic) bond motifs is 1. The van der Waals surface area contributed by atoms with Gasteiger partial charge in [0.25, 0.3) is 0 Å². The van der Waals surface area contributed by atoms with E-state index >= 15 is 0 Å². The molecule has 138 valence electrons. The molecule has 1 saturated heterocycles. The van der Waals surface area contributed by atoms with Gasteiger partial charge >= 0.3 is 0 Å². The molecule has 0 bridgehead atoms. The highest BCUT2D eigenvalue weighted by Gasteiger charge is 2.28. The van der Waals surface area contributed by atoms with Crippen LogP contribution >= 0.6 is 0 Å². The Balaban J connectivity index is 1.34. The lowest BCUT2D eigenvalue weighted by Gasteiger charge is -2.32. The van der Waals surface area contributed by atoms with Crippen molar-refractivity contribution in [2.45, 2.75) is 51.6 Å². The van der Waals surface area contributed by atoms with Gasteiger partial charge < -0.3 is 14.8 Å². The quantitative estimate of drug-likeness (QED) is 0.912. The third-order valence-electron chi connectivity index (χ3n) is 5.65. The first-order valence-electron chi connectivity index (χ1n) is 9.73. The maximum absolute atomic E-state index is 12.6. The summed E-state index contributed by atoms with van der Waals surface area (Å²) in [5.41, 5.74) is 2.42. The Labute approximate surface area is 154 Å². The molecule has 6 heteroatoms. The number of nitrogens with one attached hydrogen (secondary N) is 1. The van der Waals surface area contributed by atoms with Crippen molar-refractivity contribution in [1.82, 2.24) is 25.0 Å². The number of likely N-dealkylation sites (tertiary alicyclic amines) is 1. The lowest BCUT2D eigenvalue weighted by molar-refractivity contribution is -0.131. The largest absolute Gasteiger partial charge is 0.342 e. The fourth-order valence-corrected chi connectivity index (χ4v) is 3.98. The van der Waals surface area contributed by atoms with E-state index in [9.17, 15) is 4.79 Å². The molecule has 2 aliphatic rings. The number of aromatic nitrogens is 3. The van der Waals surface area contributed by atoms with Gasteiger partial charge in [-0.05, 0) is 30.4 Å². The topological polar surface area (TPSA) is 63.1 Å². The average Bonchev–Trinajstić information content (AvgIpc) is 3.13. The Morgan fingerprint density at radius 2 is 1.85 bits per heavy atom. The zero-order chi connectivity index (χ0) is 17.9. The second-order valence-corrected chi connectivity index (χ2v) is 7.30. The van der Waals surface area contributed by atoms with Gasteiger partial charge in [-0.1, -0.05) is 31.2 Å². The van der Waals surface area contributed by atoms with E-state index < -0.39 is 0 Å². The van der Waals surface area contributed by atoms with Gasteiger partial charge in [0, 0.05) is 32.1 Å². The molecule has 1 amide bonds. The molecule has 3 heterocycles. The molecular weight excluding hydrogens is 326 g/mol. The molecule has 0 aliphatic carbocycles. The number of hydrogen-bond acceptors (Lipinski definition) is 4. The molecule has 26 heavy (non-hydrogen) atoms. The first-order chi connectivity index (χ1) is 12.7. The highest BCUT2D eigenvalue weighted by atomic mass is 16.2. The molecule has 0 radical (unpaired) electrons. The Hall–Kier alpha value is -2.21. The molecule has 1 fully saturated rings. The van der Waals surface area contributed by atoms with Gasteiger partial charge in [-0.25, -0.2) is 0 Å². The number of aryl methyl sites for hydroxylation is 1. The van der Waals surface area contributed by atoms with Crippen molar-refractivity contribution in [1.29, 1.82) is 0 Å². The SMILES string of the molecule is CCc1ccc(CC(=O)N2CCC(c3nnc4n3CCNC4)CC2)cc1.